The number of rotatable bonds is 6. The molecule has 0 atom stereocenters. The maximum atomic E-state index is 11.0. The number of hydrogen-bond acceptors (Lipinski definition) is 4. The lowest BCUT2D eigenvalue weighted by Crippen LogP contribution is -2.28. The van der Waals surface area contributed by atoms with Gasteiger partial charge in [0.1, 0.15) is 0 Å². The van der Waals surface area contributed by atoms with Crippen LogP contribution in [-0.4, -0.2) is 17.5 Å². The predicted molar refractivity (Wildman–Crippen MR) is 83.6 cm³/mol. The summed E-state index contributed by atoms with van der Waals surface area (Å²) in [6, 6.07) is 6.83. The molecule has 2 rings (SSSR count). The number of benzene rings is 1. The maximum Gasteiger partial charge on any atom is 0.302 e. The lowest BCUT2D eigenvalue weighted by atomic mass is 9.68. The molecule has 0 aliphatic heterocycles. The standard InChI is InChI=1S/C17H23NO4/c1-14(19)22-12-11-17(9-3-2-4-10-17)13-15-5-7-16(8-6-15)18(20)21/h5-8H,2-4,9-13H2,1H3. The largest absolute Gasteiger partial charge is 0.466 e. The molecule has 1 aliphatic carbocycles. The van der Waals surface area contributed by atoms with Gasteiger partial charge in [0, 0.05) is 19.1 Å². The second-order valence-corrected chi connectivity index (χ2v) is 6.25. The summed E-state index contributed by atoms with van der Waals surface area (Å²) >= 11 is 0. The summed E-state index contributed by atoms with van der Waals surface area (Å²) in [5.41, 5.74) is 1.40. The van der Waals surface area contributed by atoms with Crippen LogP contribution in [0.1, 0.15) is 51.0 Å². The van der Waals surface area contributed by atoms with E-state index in [0.717, 1.165) is 31.2 Å². The molecule has 0 aromatic heterocycles. The van der Waals surface area contributed by atoms with Crippen molar-refractivity contribution >= 4 is 11.7 Å². The highest BCUT2D eigenvalue weighted by atomic mass is 16.6. The van der Waals surface area contributed by atoms with Crippen molar-refractivity contribution in [3.05, 3.63) is 39.9 Å². The Morgan fingerprint density at radius 2 is 1.86 bits per heavy atom. The van der Waals surface area contributed by atoms with Crippen molar-refractivity contribution in [1.29, 1.82) is 0 Å². The summed E-state index contributed by atoms with van der Waals surface area (Å²) in [5.74, 6) is -0.235. The van der Waals surface area contributed by atoms with E-state index in [-0.39, 0.29) is 22.0 Å². The van der Waals surface area contributed by atoms with Crippen LogP contribution < -0.4 is 0 Å². The molecule has 120 valence electrons. The molecule has 5 heteroatoms. The molecular formula is C17H23NO4. The number of nitrogens with zero attached hydrogens (tertiary/aromatic N) is 1. The van der Waals surface area contributed by atoms with Gasteiger partial charge < -0.3 is 4.74 Å². The van der Waals surface area contributed by atoms with Crippen LogP contribution in [0.15, 0.2) is 24.3 Å². The molecule has 0 saturated heterocycles. The normalized spacial score (nSPS) is 17.0. The van der Waals surface area contributed by atoms with Crippen molar-refractivity contribution in [2.45, 2.75) is 51.9 Å². The second-order valence-electron chi connectivity index (χ2n) is 6.25. The van der Waals surface area contributed by atoms with Crippen LogP contribution in [0.2, 0.25) is 0 Å². The summed E-state index contributed by atoms with van der Waals surface area (Å²) in [5, 5.41) is 10.7. The van der Waals surface area contributed by atoms with Crippen LogP contribution >= 0.6 is 0 Å². The van der Waals surface area contributed by atoms with Crippen molar-refractivity contribution in [1.82, 2.24) is 0 Å². The van der Waals surface area contributed by atoms with Gasteiger partial charge >= 0.3 is 5.97 Å². The van der Waals surface area contributed by atoms with E-state index in [1.807, 2.05) is 12.1 Å². The quantitative estimate of drug-likeness (QED) is 0.452. The van der Waals surface area contributed by atoms with Gasteiger partial charge in [0.25, 0.3) is 5.69 Å². The van der Waals surface area contributed by atoms with Crippen molar-refractivity contribution in [3.8, 4) is 0 Å². The number of carbonyl (C=O) groups is 1. The fourth-order valence-electron chi connectivity index (χ4n) is 3.40. The molecule has 0 N–H and O–H groups in total. The molecule has 0 spiro atoms. The van der Waals surface area contributed by atoms with Gasteiger partial charge in [0.15, 0.2) is 0 Å². The first-order chi connectivity index (χ1) is 10.5. The summed E-state index contributed by atoms with van der Waals surface area (Å²) < 4.78 is 5.13. The van der Waals surface area contributed by atoms with Crippen molar-refractivity contribution < 1.29 is 14.5 Å². The molecule has 5 nitrogen and oxygen atoms in total. The predicted octanol–water partition coefficient (Wildman–Crippen LogP) is 4.04. The molecule has 0 heterocycles. The van der Waals surface area contributed by atoms with Gasteiger partial charge in [-0.3, -0.25) is 14.9 Å². The lowest BCUT2D eigenvalue weighted by Gasteiger charge is -2.37. The molecular weight excluding hydrogens is 282 g/mol. The smallest absolute Gasteiger partial charge is 0.302 e. The summed E-state index contributed by atoms with van der Waals surface area (Å²) in [4.78, 5) is 21.3. The van der Waals surface area contributed by atoms with Gasteiger partial charge in [-0.15, -0.1) is 0 Å². The maximum absolute atomic E-state index is 11.0. The summed E-state index contributed by atoms with van der Waals surface area (Å²) in [7, 11) is 0. The monoisotopic (exact) mass is 305 g/mol. The van der Waals surface area contributed by atoms with Gasteiger partial charge in [-0.25, -0.2) is 0 Å². The minimum atomic E-state index is -0.374. The van der Waals surface area contributed by atoms with Crippen LogP contribution in [0.5, 0.6) is 0 Å². The Kier molecular flexibility index (Phi) is 5.52. The number of non-ortho nitro benzene ring substituents is 1. The van der Waals surface area contributed by atoms with E-state index in [1.54, 1.807) is 12.1 Å². The lowest BCUT2D eigenvalue weighted by molar-refractivity contribution is -0.384. The second kappa shape index (κ2) is 7.38. The molecule has 1 aromatic carbocycles. The molecule has 0 bridgehead atoms. The molecule has 0 unspecified atom stereocenters. The fourth-order valence-corrected chi connectivity index (χ4v) is 3.40. The number of esters is 1. The van der Waals surface area contributed by atoms with E-state index in [2.05, 4.69) is 0 Å². The Bertz CT molecular complexity index is 518. The minimum absolute atomic E-state index is 0.126. The van der Waals surface area contributed by atoms with Gasteiger partial charge in [0.05, 0.1) is 11.5 Å². The number of ether oxygens (including phenoxy) is 1. The summed E-state index contributed by atoms with van der Waals surface area (Å²) in [6.07, 6.45) is 7.68. The van der Waals surface area contributed by atoms with E-state index < -0.39 is 0 Å². The third kappa shape index (κ3) is 4.55. The van der Waals surface area contributed by atoms with Crippen LogP contribution in [0.3, 0.4) is 0 Å². The van der Waals surface area contributed by atoms with E-state index in [9.17, 15) is 14.9 Å². The van der Waals surface area contributed by atoms with Gasteiger partial charge in [-0.2, -0.15) is 0 Å². The number of nitro groups is 1. The Morgan fingerprint density at radius 1 is 1.23 bits per heavy atom. The number of nitro benzene ring substituents is 1. The minimum Gasteiger partial charge on any atom is -0.466 e. The van der Waals surface area contributed by atoms with Crippen molar-refractivity contribution in [2.24, 2.45) is 5.41 Å². The molecule has 0 amide bonds. The topological polar surface area (TPSA) is 69.4 Å². The molecule has 22 heavy (non-hydrogen) atoms. The fraction of sp³-hybridized carbons (Fsp3) is 0.588. The molecule has 1 aromatic rings. The average molecular weight is 305 g/mol. The zero-order valence-electron chi connectivity index (χ0n) is 13.0. The highest BCUT2D eigenvalue weighted by Crippen LogP contribution is 2.42. The van der Waals surface area contributed by atoms with Crippen LogP contribution in [0, 0.1) is 15.5 Å². The zero-order valence-corrected chi connectivity index (χ0v) is 13.0. The first-order valence-electron chi connectivity index (χ1n) is 7.87. The molecule has 0 radical (unpaired) electrons. The first-order valence-corrected chi connectivity index (χ1v) is 7.87. The van der Waals surface area contributed by atoms with Gasteiger partial charge in [-0.1, -0.05) is 31.4 Å². The van der Waals surface area contributed by atoms with E-state index in [4.69, 9.17) is 4.74 Å². The van der Waals surface area contributed by atoms with Crippen molar-refractivity contribution in [2.75, 3.05) is 6.61 Å². The number of hydrogen-bond donors (Lipinski definition) is 0. The third-order valence-corrected chi connectivity index (χ3v) is 4.58. The Balaban J connectivity index is 2.05. The highest BCUT2D eigenvalue weighted by Gasteiger charge is 2.32. The zero-order chi connectivity index (χ0) is 16.0. The Labute approximate surface area is 130 Å². The van der Waals surface area contributed by atoms with E-state index >= 15 is 0 Å². The van der Waals surface area contributed by atoms with Crippen molar-refractivity contribution in [3.63, 3.8) is 0 Å². The third-order valence-electron chi connectivity index (χ3n) is 4.58. The molecule has 1 fully saturated rings. The Hall–Kier alpha value is -1.91. The number of carbonyl (C=O) groups excluding carboxylic acids is 1. The van der Waals surface area contributed by atoms with Crippen LogP contribution in [0.4, 0.5) is 5.69 Å². The summed E-state index contributed by atoms with van der Waals surface area (Å²) in [6.45, 7) is 1.90. The average Bonchev–Trinajstić information content (AvgIpc) is 2.48. The van der Waals surface area contributed by atoms with Gasteiger partial charge in [-0.05, 0) is 36.7 Å². The first kappa shape index (κ1) is 16.5. The highest BCUT2D eigenvalue weighted by molar-refractivity contribution is 5.65. The van der Waals surface area contributed by atoms with Crippen LogP contribution in [-0.2, 0) is 16.0 Å². The van der Waals surface area contributed by atoms with Crippen LogP contribution in [0.25, 0.3) is 0 Å². The molecule has 1 aliphatic rings. The Morgan fingerprint density at radius 3 is 2.41 bits per heavy atom. The molecule has 1 saturated carbocycles. The SMILES string of the molecule is CC(=O)OCCC1(Cc2ccc([N+](=O)[O-])cc2)CCCCC1. The van der Waals surface area contributed by atoms with E-state index in [1.165, 1.54) is 26.2 Å². The van der Waals surface area contributed by atoms with E-state index in [0.29, 0.717) is 6.61 Å². The van der Waals surface area contributed by atoms with Gasteiger partial charge in [0.2, 0.25) is 0 Å².